The van der Waals surface area contributed by atoms with E-state index in [1.165, 1.54) is 0 Å². The molecule has 0 aromatic carbocycles. The number of hydrogen-bond donors (Lipinski definition) is 1. The molecule has 1 aliphatic heterocycles. The summed E-state index contributed by atoms with van der Waals surface area (Å²) < 4.78 is 14.2. The van der Waals surface area contributed by atoms with E-state index in [-0.39, 0.29) is 13.0 Å². The van der Waals surface area contributed by atoms with Crippen LogP contribution < -0.4 is 10.6 Å². The monoisotopic (exact) mass is 301 g/mol. The second kappa shape index (κ2) is 4.60. The molecule has 6 heteroatoms. The third kappa shape index (κ3) is 2.41. The van der Waals surface area contributed by atoms with Crippen molar-refractivity contribution in [2.45, 2.75) is 25.6 Å². The molecule has 1 fully saturated rings. The zero-order valence-corrected chi connectivity index (χ0v) is 10.9. The fraction of sp³-hybridized carbons (Fsp3) is 0.455. The van der Waals surface area contributed by atoms with Crippen molar-refractivity contribution in [2.24, 2.45) is 5.73 Å². The maximum Gasteiger partial charge on any atom is 0.240 e. The average molecular weight is 302 g/mol. The second-order valence-corrected chi connectivity index (χ2v) is 4.99. The minimum atomic E-state index is -1.03. The Hall–Kier alpha value is -1.17. The Balaban J connectivity index is 2.31. The number of halogens is 2. The molecule has 4 nitrogen and oxygen atoms in total. The topological polar surface area (TPSA) is 59.2 Å². The van der Waals surface area contributed by atoms with Crippen LogP contribution in [0.5, 0.6) is 0 Å². The van der Waals surface area contributed by atoms with Gasteiger partial charge in [-0.2, -0.15) is 0 Å². The van der Waals surface area contributed by atoms with Gasteiger partial charge in [-0.3, -0.25) is 4.79 Å². The van der Waals surface area contributed by atoms with Crippen LogP contribution in [0.25, 0.3) is 0 Å². The van der Waals surface area contributed by atoms with E-state index in [1.807, 2.05) is 13.0 Å². The van der Waals surface area contributed by atoms with Gasteiger partial charge in [0.05, 0.1) is 12.2 Å². The number of aryl methyl sites for hydroxylation is 1. The number of carbonyl (C=O) groups is 1. The van der Waals surface area contributed by atoms with Gasteiger partial charge >= 0.3 is 0 Å². The van der Waals surface area contributed by atoms with Crippen LogP contribution in [0.4, 0.5) is 10.2 Å². The lowest BCUT2D eigenvalue weighted by atomic mass is 10.2. The molecule has 2 N–H and O–H groups in total. The summed E-state index contributed by atoms with van der Waals surface area (Å²) in [5, 5.41) is 0. The molecule has 1 amide bonds. The van der Waals surface area contributed by atoms with E-state index in [0.29, 0.717) is 5.82 Å². The Kier molecular flexibility index (Phi) is 3.33. The van der Waals surface area contributed by atoms with Crippen LogP contribution in [0, 0.1) is 6.92 Å². The number of pyridine rings is 1. The number of carbonyl (C=O) groups excluding carboxylic acids is 1. The standard InChI is InChI=1S/C11H13BrFN3O/c1-6-8(12)2-3-10(15-6)16-5-7(13)4-9(16)11(14)17/h2-3,7,9H,4-5H2,1H3,(H2,14,17)/t7-,9+/m1/s1. The first-order valence-corrected chi connectivity index (χ1v) is 6.11. The van der Waals surface area contributed by atoms with E-state index in [4.69, 9.17) is 5.73 Å². The first-order valence-electron chi connectivity index (χ1n) is 5.32. The maximum atomic E-state index is 13.4. The second-order valence-electron chi connectivity index (χ2n) is 4.14. The molecule has 2 rings (SSSR count). The molecule has 0 spiro atoms. The zero-order chi connectivity index (χ0) is 12.6. The molecule has 1 saturated heterocycles. The lowest BCUT2D eigenvalue weighted by molar-refractivity contribution is -0.119. The molecule has 0 radical (unpaired) electrons. The minimum Gasteiger partial charge on any atom is -0.368 e. The Morgan fingerprint density at radius 2 is 2.35 bits per heavy atom. The van der Waals surface area contributed by atoms with Crippen LogP contribution in [0.15, 0.2) is 16.6 Å². The van der Waals surface area contributed by atoms with Crippen LogP contribution in [0.1, 0.15) is 12.1 Å². The quantitative estimate of drug-likeness (QED) is 0.902. The van der Waals surface area contributed by atoms with Crippen LogP contribution in [0.3, 0.4) is 0 Å². The molecule has 2 heterocycles. The van der Waals surface area contributed by atoms with Crippen LogP contribution in [-0.2, 0) is 4.79 Å². The summed E-state index contributed by atoms with van der Waals surface area (Å²) in [6.07, 6.45) is -0.884. The number of primary amides is 1. The Labute approximate surface area is 107 Å². The van der Waals surface area contributed by atoms with Crippen molar-refractivity contribution in [1.29, 1.82) is 0 Å². The smallest absolute Gasteiger partial charge is 0.240 e. The number of anilines is 1. The van der Waals surface area contributed by atoms with E-state index in [2.05, 4.69) is 20.9 Å². The molecule has 0 aliphatic carbocycles. The molecule has 1 aromatic heterocycles. The zero-order valence-electron chi connectivity index (χ0n) is 9.36. The van der Waals surface area contributed by atoms with Gasteiger partial charge in [-0.25, -0.2) is 9.37 Å². The van der Waals surface area contributed by atoms with Gasteiger partial charge in [-0.05, 0) is 35.0 Å². The minimum absolute atomic E-state index is 0.145. The highest BCUT2D eigenvalue weighted by Gasteiger charge is 2.36. The summed E-state index contributed by atoms with van der Waals surface area (Å²) in [5.41, 5.74) is 6.07. The van der Waals surface area contributed by atoms with Crippen molar-refractivity contribution in [3.63, 3.8) is 0 Å². The number of aromatic nitrogens is 1. The van der Waals surface area contributed by atoms with Crippen molar-refractivity contribution < 1.29 is 9.18 Å². The Bertz CT molecular complexity index is 454. The summed E-state index contributed by atoms with van der Waals surface area (Å²) in [5.74, 6) is 0.0853. The van der Waals surface area contributed by atoms with Crippen molar-refractivity contribution in [3.05, 3.63) is 22.3 Å². The van der Waals surface area contributed by atoms with Gasteiger partial charge < -0.3 is 10.6 Å². The number of rotatable bonds is 2. The first-order chi connectivity index (χ1) is 7.99. The molecule has 0 unspecified atom stereocenters. The van der Waals surface area contributed by atoms with Gasteiger partial charge in [0.25, 0.3) is 0 Å². The lowest BCUT2D eigenvalue weighted by Gasteiger charge is -2.23. The number of amides is 1. The lowest BCUT2D eigenvalue weighted by Crippen LogP contribution is -2.40. The van der Waals surface area contributed by atoms with Crippen molar-refractivity contribution in [2.75, 3.05) is 11.4 Å². The molecule has 2 atom stereocenters. The average Bonchev–Trinajstić information content (AvgIpc) is 2.64. The summed E-state index contributed by atoms with van der Waals surface area (Å²) in [6, 6.07) is 2.99. The van der Waals surface area contributed by atoms with Crippen LogP contribution in [-0.4, -0.2) is 29.6 Å². The first kappa shape index (κ1) is 12.3. The van der Waals surface area contributed by atoms with Gasteiger partial charge in [-0.1, -0.05) is 0 Å². The molecule has 1 aliphatic rings. The maximum absolute atomic E-state index is 13.4. The van der Waals surface area contributed by atoms with E-state index in [1.54, 1.807) is 11.0 Å². The van der Waals surface area contributed by atoms with Crippen LogP contribution in [0.2, 0.25) is 0 Å². The van der Waals surface area contributed by atoms with E-state index < -0.39 is 18.1 Å². The van der Waals surface area contributed by atoms with Crippen LogP contribution >= 0.6 is 15.9 Å². The van der Waals surface area contributed by atoms with Gasteiger partial charge in [0.1, 0.15) is 18.0 Å². The summed E-state index contributed by atoms with van der Waals surface area (Å²) in [6.45, 7) is 2.01. The van der Waals surface area contributed by atoms with Crippen molar-refractivity contribution >= 4 is 27.7 Å². The van der Waals surface area contributed by atoms with Crippen molar-refractivity contribution in [3.8, 4) is 0 Å². The Morgan fingerprint density at radius 3 is 2.94 bits per heavy atom. The van der Waals surface area contributed by atoms with Crippen molar-refractivity contribution in [1.82, 2.24) is 4.98 Å². The highest BCUT2D eigenvalue weighted by molar-refractivity contribution is 9.10. The molecule has 0 saturated carbocycles. The highest BCUT2D eigenvalue weighted by atomic mass is 79.9. The Morgan fingerprint density at radius 1 is 1.65 bits per heavy atom. The molecule has 0 bridgehead atoms. The van der Waals surface area contributed by atoms with Gasteiger partial charge in [0.15, 0.2) is 0 Å². The molecular weight excluding hydrogens is 289 g/mol. The highest BCUT2D eigenvalue weighted by Crippen LogP contribution is 2.27. The fourth-order valence-electron chi connectivity index (χ4n) is 2.00. The number of nitrogens with zero attached hydrogens (tertiary/aromatic N) is 2. The summed E-state index contributed by atoms with van der Waals surface area (Å²) >= 11 is 3.35. The van der Waals surface area contributed by atoms with Gasteiger partial charge in [0.2, 0.25) is 5.91 Å². The molecule has 92 valence electrons. The van der Waals surface area contributed by atoms with Gasteiger partial charge in [-0.15, -0.1) is 0 Å². The van der Waals surface area contributed by atoms with E-state index in [9.17, 15) is 9.18 Å². The van der Waals surface area contributed by atoms with Gasteiger partial charge in [0, 0.05) is 10.9 Å². The van der Waals surface area contributed by atoms with E-state index >= 15 is 0 Å². The molecule has 1 aromatic rings. The summed E-state index contributed by atoms with van der Waals surface area (Å²) in [7, 11) is 0. The molecule has 17 heavy (non-hydrogen) atoms. The normalized spacial score (nSPS) is 24.1. The third-order valence-corrected chi connectivity index (χ3v) is 3.72. The summed E-state index contributed by atoms with van der Waals surface area (Å²) in [4.78, 5) is 17.2. The SMILES string of the molecule is Cc1nc(N2C[C@H](F)C[C@H]2C(N)=O)ccc1Br. The third-order valence-electron chi connectivity index (χ3n) is 2.88. The molecular formula is C11H13BrFN3O. The predicted molar refractivity (Wildman–Crippen MR) is 66.5 cm³/mol. The fourth-order valence-corrected chi connectivity index (χ4v) is 2.22. The number of nitrogens with two attached hydrogens (primary N) is 1. The number of hydrogen-bond acceptors (Lipinski definition) is 3. The van der Waals surface area contributed by atoms with E-state index in [0.717, 1.165) is 10.2 Å². The predicted octanol–water partition coefficient (Wildman–Crippen LogP) is 1.55. The number of alkyl halides is 1. The largest absolute Gasteiger partial charge is 0.368 e.